The van der Waals surface area contributed by atoms with E-state index < -0.39 is 11.9 Å². The number of nitrogens with zero attached hydrogens (tertiary/aromatic N) is 3. The molecule has 1 amide bonds. The van der Waals surface area contributed by atoms with Gasteiger partial charge in [0.25, 0.3) is 5.91 Å². The standard InChI is InChI=1S/C22H19Cl2N3O3/c23-15-11-16(20(28)17(24)12-15)19-18(14-5-2-1-3-6-14)21(29)22(30)27(19)9-4-8-26-10-7-25-13-26/h1-3,5-7,10-13,19,28-29H,4,8-9H2. The van der Waals surface area contributed by atoms with Crippen LogP contribution in [0.3, 0.4) is 0 Å². The third kappa shape index (κ3) is 3.76. The van der Waals surface area contributed by atoms with Crippen molar-refractivity contribution in [3.8, 4) is 5.75 Å². The van der Waals surface area contributed by atoms with E-state index in [1.165, 1.54) is 11.0 Å². The van der Waals surface area contributed by atoms with Crippen LogP contribution in [0, 0.1) is 0 Å². The maximum Gasteiger partial charge on any atom is 0.289 e. The second-order valence-corrected chi connectivity index (χ2v) is 7.85. The molecular weight excluding hydrogens is 425 g/mol. The number of rotatable bonds is 6. The van der Waals surface area contributed by atoms with Gasteiger partial charge in [-0.1, -0.05) is 53.5 Å². The van der Waals surface area contributed by atoms with Gasteiger partial charge < -0.3 is 19.7 Å². The zero-order chi connectivity index (χ0) is 21.3. The van der Waals surface area contributed by atoms with E-state index in [2.05, 4.69) is 4.98 Å². The predicted octanol–water partition coefficient (Wildman–Crippen LogP) is 4.84. The lowest BCUT2D eigenvalue weighted by Gasteiger charge is -2.28. The Hall–Kier alpha value is -2.96. The van der Waals surface area contributed by atoms with Crippen molar-refractivity contribution >= 4 is 34.7 Å². The van der Waals surface area contributed by atoms with Gasteiger partial charge >= 0.3 is 0 Å². The van der Waals surface area contributed by atoms with E-state index in [0.29, 0.717) is 41.2 Å². The van der Waals surface area contributed by atoms with Crippen LogP contribution < -0.4 is 0 Å². The van der Waals surface area contributed by atoms with Crippen LogP contribution in [-0.2, 0) is 11.3 Å². The molecule has 0 fully saturated rings. The average Bonchev–Trinajstić information content (AvgIpc) is 3.33. The molecule has 0 saturated heterocycles. The molecule has 3 aromatic rings. The second-order valence-electron chi connectivity index (χ2n) is 7.01. The van der Waals surface area contributed by atoms with Gasteiger partial charge in [0.05, 0.1) is 17.4 Å². The van der Waals surface area contributed by atoms with Gasteiger partial charge in [0.1, 0.15) is 5.75 Å². The first-order chi connectivity index (χ1) is 14.5. The van der Waals surface area contributed by atoms with Crippen molar-refractivity contribution in [2.45, 2.75) is 19.0 Å². The van der Waals surface area contributed by atoms with Gasteiger partial charge in [-0.25, -0.2) is 4.98 Å². The Morgan fingerprint density at radius 3 is 2.53 bits per heavy atom. The van der Waals surface area contributed by atoms with Gasteiger partial charge in [0.2, 0.25) is 0 Å². The number of phenols is 1. The molecule has 1 aromatic heterocycles. The third-order valence-electron chi connectivity index (χ3n) is 5.12. The van der Waals surface area contributed by atoms with E-state index in [9.17, 15) is 15.0 Å². The van der Waals surface area contributed by atoms with Crippen molar-refractivity contribution in [1.82, 2.24) is 14.5 Å². The molecule has 0 saturated carbocycles. The largest absolute Gasteiger partial charge is 0.506 e. The van der Waals surface area contributed by atoms with Crippen LogP contribution in [0.1, 0.15) is 23.6 Å². The smallest absolute Gasteiger partial charge is 0.289 e. The molecular formula is C22H19Cl2N3O3. The molecule has 0 aliphatic carbocycles. The molecule has 30 heavy (non-hydrogen) atoms. The third-order valence-corrected chi connectivity index (χ3v) is 5.62. The van der Waals surface area contributed by atoms with Gasteiger partial charge in [-0.3, -0.25) is 4.79 Å². The number of phenolic OH excluding ortho intramolecular Hbond substituents is 1. The van der Waals surface area contributed by atoms with E-state index in [1.54, 1.807) is 18.6 Å². The number of amides is 1. The second kappa shape index (κ2) is 8.42. The summed E-state index contributed by atoms with van der Waals surface area (Å²) in [4.78, 5) is 18.6. The van der Waals surface area contributed by atoms with Crippen LogP contribution in [0.25, 0.3) is 5.57 Å². The van der Waals surface area contributed by atoms with Crippen molar-refractivity contribution in [3.05, 3.63) is 88.1 Å². The van der Waals surface area contributed by atoms with Gasteiger partial charge in [-0.05, 0) is 24.1 Å². The number of halogens is 2. The maximum atomic E-state index is 13.0. The molecule has 1 atom stereocenters. The molecule has 0 bridgehead atoms. The summed E-state index contributed by atoms with van der Waals surface area (Å²) in [6.07, 6.45) is 5.87. The molecule has 2 heterocycles. The molecule has 1 aliphatic heterocycles. The summed E-state index contributed by atoms with van der Waals surface area (Å²) < 4.78 is 1.91. The minimum absolute atomic E-state index is 0.0853. The van der Waals surface area contributed by atoms with Crippen molar-refractivity contribution < 1.29 is 15.0 Å². The summed E-state index contributed by atoms with van der Waals surface area (Å²) in [5.74, 6) is -1.01. The molecule has 1 aliphatic rings. The summed E-state index contributed by atoms with van der Waals surface area (Å²) in [5, 5.41) is 21.8. The van der Waals surface area contributed by atoms with E-state index in [4.69, 9.17) is 23.2 Å². The quantitative estimate of drug-likeness (QED) is 0.571. The number of carbonyl (C=O) groups is 1. The molecule has 0 spiro atoms. The Balaban J connectivity index is 1.75. The van der Waals surface area contributed by atoms with Crippen LogP contribution in [0.15, 0.2) is 66.9 Å². The molecule has 4 rings (SSSR count). The van der Waals surface area contributed by atoms with Crippen molar-refractivity contribution in [1.29, 1.82) is 0 Å². The first-order valence-corrected chi connectivity index (χ1v) is 10.2. The normalized spacial score (nSPS) is 16.5. The minimum atomic E-state index is -0.723. The number of carbonyl (C=O) groups excluding carboxylic acids is 1. The minimum Gasteiger partial charge on any atom is -0.506 e. The molecule has 154 valence electrons. The van der Waals surface area contributed by atoms with Crippen LogP contribution >= 0.6 is 23.2 Å². The van der Waals surface area contributed by atoms with Gasteiger partial charge in [0.15, 0.2) is 5.76 Å². The number of aromatic hydroxyl groups is 1. The monoisotopic (exact) mass is 443 g/mol. The lowest BCUT2D eigenvalue weighted by Crippen LogP contribution is -2.32. The molecule has 8 heteroatoms. The molecule has 6 nitrogen and oxygen atoms in total. The zero-order valence-electron chi connectivity index (χ0n) is 15.9. The topological polar surface area (TPSA) is 78.6 Å². The van der Waals surface area contributed by atoms with Crippen molar-refractivity contribution in [3.63, 3.8) is 0 Å². The molecule has 2 aromatic carbocycles. The van der Waals surface area contributed by atoms with E-state index >= 15 is 0 Å². The average molecular weight is 444 g/mol. The Bertz CT molecular complexity index is 1100. The Labute approximate surface area is 183 Å². The summed E-state index contributed by atoms with van der Waals surface area (Å²) in [6, 6.07) is 11.4. The van der Waals surface area contributed by atoms with Crippen LogP contribution in [0.5, 0.6) is 5.75 Å². The van der Waals surface area contributed by atoms with E-state index in [1.807, 2.05) is 41.1 Å². The summed E-state index contributed by atoms with van der Waals surface area (Å²) in [5.41, 5.74) is 1.46. The number of aliphatic hydroxyl groups is 1. The highest BCUT2D eigenvalue weighted by Gasteiger charge is 2.42. The van der Waals surface area contributed by atoms with Crippen LogP contribution in [0.4, 0.5) is 0 Å². The maximum absolute atomic E-state index is 13.0. The highest BCUT2D eigenvalue weighted by molar-refractivity contribution is 6.35. The number of imidazole rings is 1. The summed E-state index contributed by atoms with van der Waals surface area (Å²) in [7, 11) is 0. The van der Waals surface area contributed by atoms with Gasteiger partial charge in [-0.15, -0.1) is 0 Å². The fourth-order valence-electron chi connectivity index (χ4n) is 3.76. The lowest BCUT2D eigenvalue weighted by atomic mass is 9.93. The Morgan fingerprint density at radius 2 is 1.83 bits per heavy atom. The SMILES string of the molecule is O=C1C(O)=C(c2ccccc2)C(c2cc(Cl)cc(Cl)c2O)N1CCCn1ccnc1. The predicted molar refractivity (Wildman–Crippen MR) is 115 cm³/mol. The molecule has 1 unspecified atom stereocenters. The van der Waals surface area contributed by atoms with Crippen LogP contribution in [0.2, 0.25) is 10.0 Å². The summed E-state index contributed by atoms with van der Waals surface area (Å²) in [6.45, 7) is 1.01. The van der Waals surface area contributed by atoms with E-state index in [0.717, 1.165) is 0 Å². The van der Waals surface area contributed by atoms with Gasteiger partial charge in [0, 0.05) is 41.6 Å². The molecule has 2 N–H and O–H groups in total. The lowest BCUT2D eigenvalue weighted by molar-refractivity contribution is -0.129. The Kier molecular flexibility index (Phi) is 5.70. The van der Waals surface area contributed by atoms with Crippen molar-refractivity contribution in [2.75, 3.05) is 6.54 Å². The highest BCUT2D eigenvalue weighted by atomic mass is 35.5. The van der Waals surface area contributed by atoms with Crippen LogP contribution in [-0.4, -0.2) is 37.1 Å². The number of hydrogen-bond acceptors (Lipinski definition) is 4. The highest BCUT2D eigenvalue weighted by Crippen LogP contribution is 2.47. The number of hydrogen-bond donors (Lipinski definition) is 2. The number of aliphatic hydroxyl groups excluding tert-OH is 1. The fraction of sp³-hybridized carbons (Fsp3) is 0.182. The zero-order valence-corrected chi connectivity index (χ0v) is 17.4. The Morgan fingerprint density at radius 1 is 1.07 bits per heavy atom. The number of aryl methyl sites for hydroxylation is 1. The van der Waals surface area contributed by atoms with Crippen molar-refractivity contribution in [2.24, 2.45) is 0 Å². The fourth-order valence-corrected chi connectivity index (χ4v) is 4.27. The first kappa shape index (κ1) is 20.3. The number of benzene rings is 2. The van der Waals surface area contributed by atoms with Gasteiger partial charge in [-0.2, -0.15) is 0 Å². The number of aromatic nitrogens is 2. The first-order valence-electron chi connectivity index (χ1n) is 9.40. The van der Waals surface area contributed by atoms with E-state index in [-0.39, 0.29) is 16.5 Å². The molecule has 0 radical (unpaired) electrons. The summed E-state index contributed by atoms with van der Waals surface area (Å²) >= 11 is 12.4.